The Morgan fingerprint density at radius 3 is 2.77 bits per heavy atom. The number of hydrogen-bond acceptors (Lipinski definition) is 3. The zero-order valence-corrected chi connectivity index (χ0v) is 21.3. The van der Waals surface area contributed by atoms with E-state index >= 15 is 0 Å². The van der Waals surface area contributed by atoms with Crippen molar-refractivity contribution in [3.05, 3.63) is 108 Å². The molecule has 0 radical (unpaired) electrons. The highest BCUT2D eigenvalue weighted by molar-refractivity contribution is 5.66. The molecule has 35 heavy (non-hydrogen) atoms. The van der Waals surface area contributed by atoms with E-state index in [-0.39, 0.29) is 0 Å². The SMILES string of the molecule is C=CC=CC=C(C)CCc1cn(CCn2c(C(=C)C3CC3)cnc2C=CC(C)=C=CC=CC)nn1. The van der Waals surface area contributed by atoms with Crippen LogP contribution in [0.3, 0.4) is 0 Å². The second kappa shape index (κ2) is 13.3. The Kier molecular flexibility index (Phi) is 9.82. The number of aryl methyl sites for hydroxylation is 2. The van der Waals surface area contributed by atoms with Crippen molar-refractivity contribution in [1.29, 1.82) is 0 Å². The van der Waals surface area contributed by atoms with Crippen molar-refractivity contribution < 1.29 is 0 Å². The third-order valence-corrected chi connectivity index (χ3v) is 5.91. The fourth-order valence-electron chi connectivity index (χ4n) is 3.65. The van der Waals surface area contributed by atoms with E-state index in [1.807, 2.05) is 61.3 Å². The summed E-state index contributed by atoms with van der Waals surface area (Å²) in [5, 5.41) is 8.73. The molecule has 1 aliphatic rings. The first-order valence-electron chi connectivity index (χ1n) is 12.3. The summed E-state index contributed by atoms with van der Waals surface area (Å²) in [6.07, 6.45) is 26.1. The summed E-state index contributed by atoms with van der Waals surface area (Å²) >= 11 is 0. The van der Waals surface area contributed by atoms with Crippen LogP contribution in [-0.4, -0.2) is 24.5 Å². The minimum absolute atomic E-state index is 0.586. The minimum atomic E-state index is 0.586. The Morgan fingerprint density at radius 1 is 1.20 bits per heavy atom. The Bertz CT molecular complexity index is 1200. The van der Waals surface area contributed by atoms with Gasteiger partial charge in [0.2, 0.25) is 0 Å². The Morgan fingerprint density at radius 2 is 2.03 bits per heavy atom. The molecule has 2 aromatic heterocycles. The normalized spacial score (nSPS) is 14.2. The summed E-state index contributed by atoms with van der Waals surface area (Å²) in [5.74, 6) is 1.51. The number of nitrogens with zero attached hydrogens (tertiary/aromatic N) is 5. The molecular weight excluding hydrogens is 430 g/mol. The second-order valence-corrected chi connectivity index (χ2v) is 8.91. The molecule has 1 saturated carbocycles. The largest absolute Gasteiger partial charge is 0.323 e. The van der Waals surface area contributed by atoms with Gasteiger partial charge in [0.15, 0.2) is 0 Å². The van der Waals surface area contributed by atoms with Crippen LogP contribution < -0.4 is 0 Å². The monoisotopic (exact) mass is 467 g/mol. The van der Waals surface area contributed by atoms with Crippen LogP contribution in [0.2, 0.25) is 0 Å². The maximum absolute atomic E-state index is 4.70. The van der Waals surface area contributed by atoms with Gasteiger partial charge in [-0.05, 0) is 81.7 Å². The molecule has 182 valence electrons. The van der Waals surface area contributed by atoms with E-state index in [2.05, 4.69) is 58.9 Å². The van der Waals surface area contributed by atoms with Gasteiger partial charge in [0.1, 0.15) is 5.82 Å². The summed E-state index contributed by atoms with van der Waals surface area (Å²) in [5.41, 5.74) is 8.92. The van der Waals surface area contributed by atoms with Crippen molar-refractivity contribution in [1.82, 2.24) is 24.5 Å². The summed E-state index contributed by atoms with van der Waals surface area (Å²) in [6, 6.07) is 0. The summed E-state index contributed by atoms with van der Waals surface area (Å²) in [4.78, 5) is 4.70. The van der Waals surface area contributed by atoms with Crippen LogP contribution in [-0.2, 0) is 19.5 Å². The first-order valence-corrected chi connectivity index (χ1v) is 12.3. The standard InChI is InChI=1S/C30H37N5/c1-6-8-10-12-24(3)14-18-28-23-34(33-32-28)20-21-35-29(26(5)27-16-17-27)22-31-30(35)19-15-25(4)13-11-9-7-2/h6-12,15,19,22-23,27H,1,5,14,16-18,20-21H2,2-4H3. The first-order chi connectivity index (χ1) is 17.0. The highest BCUT2D eigenvalue weighted by Crippen LogP contribution is 2.41. The van der Waals surface area contributed by atoms with Crippen LogP contribution in [0.1, 0.15) is 57.2 Å². The van der Waals surface area contributed by atoms with Gasteiger partial charge in [-0.2, -0.15) is 0 Å². The smallest absolute Gasteiger partial charge is 0.133 e. The van der Waals surface area contributed by atoms with E-state index in [4.69, 9.17) is 4.98 Å². The molecule has 0 aromatic carbocycles. The van der Waals surface area contributed by atoms with Crippen molar-refractivity contribution in [2.24, 2.45) is 5.92 Å². The summed E-state index contributed by atoms with van der Waals surface area (Å²) in [6.45, 7) is 15.7. The molecule has 2 heterocycles. The zero-order valence-electron chi connectivity index (χ0n) is 21.3. The Balaban J connectivity index is 1.70. The fraction of sp³-hybridized carbons (Fsp3) is 0.333. The van der Waals surface area contributed by atoms with Crippen molar-refractivity contribution in [3.63, 3.8) is 0 Å². The zero-order chi connectivity index (χ0) is 25.0. The number of aromatic nitrogens is 5. The molecule has 0 unspecified atom stereocenters. The van der Waals surface area contributed by atoms with Gasteiger partial charge in [-0.15, -0.1) is 10.8 Å². The summed E-state index contributed by atoms with van der Waals surface area (Å²) in [7, 11) is 0. The molecule has 0 amide bonds. The highest BCUT2D eigenvalue weighted by atomic mass is 15.4. The van der Waals surface area contributed by atoms with Crippen LogP contribution in [0.25, 0.3) is 11.6 Å². The van der Waals surface area contributed by atoms with E-state index in [1.165, 1.54) is 24.0 Å². The highest BCUT2D eigenvalue weighted by Gasteiger charge is 2.27. The van der Waals surface area contributed by atoms with E-state index in [0.29, 0.717) is 5.92 Å². The van der Waals surface area contributed by atoms with Crippen molar-refractivity contribution >= 4 is 11.6 Å². The Hall–Kier alpha value is -3.69. The first kappa shape index (κ1) is 25.9. The number of rotatable bonds is 13. The quantitative estimate of drug-likeness (QED) is 0.237. The van der Waals surface area contributed by atoms with Crippen LogP contribution in [0.5, 0.6) is 0 Å². The molecule has 0 bridgehead atoms. The van der Waals surface area contributed by atoms with Gasteiger partial charge < -0.3 is 4.57 Å². The van der Waals surface area contributed by atoms with Gasteiger partial charge >= 0.3 is 0 Å². The van der Waals surface area contributed by atoms with Crippen molar-refractivity contribution in [2.45, 2.75) is 59.5 Å². The lowest BCUT2D eigenvalue weighted by Gasteiger charge is -2.12. The minimum Gasteiger partial charge on any atom is -0.323 e. The molecule has 0 spiro atoms. The van der Waals surface area contributed by atoms with E-state index < -0.39 is 0 Å². The maximum Gasteiger partial charge on any atom is 0.133 e. The van der Waals surface area contributed by atoms with Gasteiger partial charge in [0.05, 0.1) is 24.1 Å². The lowest BCUT2D eigenvalue weighted by atomic mass is 10.1. The molecular formula is C30H37N5. The third-order valence-electron chi connectivity index (χ3n) is 5.91. The van der Waals surface area contributed by atoms with Gasteiger partial charge in [0, 0.05) is 12.7 Å². The Labute approximate surface area is 210 Å². The second-order valence-electron chi connectivity index (χ2n) is 8.91. The van der Waals surface area contributed by atoms with Crippen molar-refractivity contribution in [3.8, 4) is 0 Å². The van der Waals surface area contributed by atoms with Gasteiger partial charge in [0.25, 0.3) is 0 Å². The van der Waals surface area contributed by atoms with E-state index in [0.717, 1.165) is 48.7 Å². The van der Waals surface area contributed by atoms with Crippen molar-refractivity contribution in [2.75, 3.05) is 0 Å². The fourth-order valence-corrected chi connectivity index (χ4v) is 3.65. The number of hydrogen-bond donors (Lipinski definition) is 0. The lowest BCUT2D eigenvalue weighted by molar-refractivity contribution is 0.514. The van der Waals surface area contributed by atoms with Crippen LogP contribution in [0, 0.1) is 5.92 Å². The van der Waals surface area contributed by atoms with Crippen LogP contribution >= 0.6 is 0 Å². The average molecular weight is 468 g/mol. The molecule has 0 atom stereocenters. The number of imidazole rings is 1. The van der Waals surface area contributed by atoms with Gasteiger partial charge in [-0.1, -0.05) is 60.4 Å². The van der Waals surface area contributed by atoms with Crippen LogP contribution in [0.15, 0.2) is 91.0 Å². The predicted octanol–water partition coefficient (Wildman–Crippen LogP) is 6.91. The lowest BCUT2D eigenvalue weighted by Crippen LogP contribution is -2.12. The molecule has 0 N–H and O–H groups in total. The topological polar surface area (TPSA) is 48.5 Å². The molecule has 3 rings (SSSR count). The maximum atomic E-state index is 4.70. The molecule has 2 aromatic rings. The molecule has 0 saturated heterocycles. The van der Waals surface area contributed by atoms with E-state index in [9.17, 15) is 0 Å². The van der Waals surface area contributed by atoms with Gasteiger partial charge in [-0.25, -0.2) is 4.98 Å². The number of allylic oxidation sites excluding steroid dienone is 10. The molecule has 1 aliphatic carbocycles. The predicted molar refractivity (Wildman–Crippen MR) is 147 cm³/mol. The molecule has 5 heteroatoms. The summed E-state index contributed by atoms with van der Waals surface area (Å²) < 4.78 is 4.18. The van der Waals surface area contributed by atoms with Gasteiger partial charge in [-0.3, -0.25) is 4.68 Å². The van der Waals surface area contributed by atoms with E-state index in [1.54, 1.807) is 6.08 Å². The molecule has 1 fully saturated rings. The third kappa shape index (κ3) is 8.24. The van der Waals surface area contributed by atoms with Crippen LogP contribution in [0.4, 0.5) is 0 Å². The molecule has 5 nitrogen and oxygen atoms in total. The molecule has 0 aliphatic heterocycles. The average Bonchev–Trinajstić information content (AvgIpc) is 3.47.